The van der Waals surface area contributed by atoms with Crippen molar-refractivity contribution in [1.82, 2.24) is 9.97 Å². The van der Waals surface area contributed by atoms with E-state index in [4.69, 9.17) is 11.2 Å². The molecule has 1 heterocycles. The van der Waals surface area contributed by atoms with Gasteiger partial charge in [0.1, 0.15) is 18.0 Å². The van der Waals surface area contributed by atoms with Gasteiger partial charge in [0.15, 0.2) is 0 Å². The summed E-state index contributed by atoms with van der Waals surface area (Å²) in [6.45, 7) is 4.39. The number of hydrogen-bond donors (Lipinski definition) is 1. The molecule has 4 aromatic rings. The van der Waals surface area contributed by atoms with Gasteiger partial charge in [-0.2, -0.15) is 0 Å². The van der Waals surface area contributed by atoms with Crippen LogP contribution >= 0.6 is 0 Å². The molecule has 7 nitrogen and oxygen atoms in total. The number of fused-ring (bicyclic) bond motifs is 1. The van der Waals surface area contributed by atoms with E-state index in [9.17, 15) is 9.70 Å². The molecule has 168 valence electrons. The number of nitroso groups, excluding NO2 is 1. The Hall–Kier alpha value is -4.57. The summed E-state index contributed by atoms with van der Waals surface area (Å²) in [6.07, 6.45) is 5.32. The number of rotatable bonds is 7. The summed E-state index contributed by atoms with van der Waals surface area (Å²) < 4.78 is 5.58. The number of terminal acetylenes is 1. The summed E-state index contributed by atoms with van der Waals surface area (Å²) >= 11 is 0. The molecular formula is C27H22N4O3. The van der Waals surface area contributed by atoms with E-state index in [0.29, 0.717) is 28.6 Å². The molecule has 0 unspecified atom stereocenters. The third-order valence-corrected chi connectivity index (χ3v) is 5.25. The highest BCUT2D eigenvalue weighted by molar-refractivity contribution is 6.04. The minimum absolute atomic E-state index is 0.00260. The van der Waals surface area contributed by atoms with Crippen molar-refractivity contribution in [2.75, 3.05) is 11.9 Å². The Labute approximate surface area is 197 Å². The topological polar surface area (TPSA) is 93.5 Å². The molecule has 1 aromatic heterocycles. The molecule has 34 heavy (non-hydrogen) atoms. The van der Waals surface area contributed by atoms with E-state index >= 15 is 0 Å². The first-order valence-electron chi connectivity index (χ1n) is 10.7. The largest absolute Gasteiger partial charge is 0.481 e. The molecule has 4 rings (SSSR count). The van der Waals surface area contributed by atoms with Crippen molar-refractivity contribution in [2.45, 2.75) is 19.8 Å². The maximum atomic E-state index is 13.0. The molecule has 3 aromatic carbocycles. The molecule has 0 radical (unpaired) electrons. The molecule has 0 saturated carbocycles. The maximum Gasteiger partial charge on any atom is 0.293 e. The number of benzene rings is 3. The summed E-state index contributed by atoms with van der Waals surface area (Å²) in [4.78, 5) is 32.9. The summed E-state index contributed by atoms with van der Waals surface area (Å²) in [7, 11) is 0. The third kappa shape index (κ3) is 4.92. The fourth-order valence-corrected chi connectivity index (χ4v) is 3.50. The van der Waals surface area contributed by atoms with Gasteiger partial charge < -0.3 is 10.1 Å². The van der Waals surface area contributed by atoms with Crippen molar-refractivity contribution < 1.29 is 9.53 Å². The first-order valence-corrected chi connectivity index (χ1v) is 10.7. The molecular weight excluding hydrogens is 428 g/mol. The van der Waals surface area contributed by atoms with E-state index in [1.807, 2.05) is 30.3 Å². The predicted molar refractivity (Wildman–Crippen MR) is 133 cm³/mol. The molecule has 0 bridgehead atoms. The highest BCUT2D eigenvalue weighted by Gasteiger charge is 2.17. The Morgan fingerprint density at radius 1 is 1.09 bits per heavy atom. The lowest BCUT2D eigenvalue weighted by Crippen LogP contribution is -2.16. The summed E-state index contributed by atoms with van der Waals surface area (Å²) in [5, 5.41) is 6.36. The first kappa shape index (κ1) is 22.6. The van der Waals surface area contributed by atoms with Crippen LogP contribution in [0.4, 0.5) is 11.4 Å². The second kappa shape index (κ2) is 9.92. The van der Waals surface area contributed by atoms with E-state index in [1.54, 1.807) is 30.3 Å². The van der Waals surface area contributed by atoms with Crippen LogP contribution in [0, 0.1) is 17.3 Å². The number of carbonyl (C=O) groups is 1. The first-order chi connectivity index (χ1) is 16.5. The molecule has 7 heteroatoms. The van der Waals surface area contributed by atoms with E-state index in [1.165, 1.54) is 11.6 Å². The zero-order chi connectivity index (χ0) is 24.1. The molecule has 0 aliphatic heterocycles. The number of ether oxygens (including phenoxy) is 1. The lowest BCUT2D eigenvalue weighted by Gasteiger charge is -2.12. The lowest BCUT2D eigenvalue weighted by molar-refractivity contribution is 0.101. The Morgan fingerprint density at radius 3 is 2.59 bits per heavy atom. The minimum Gasteiger partial charge on any atom is -0.481 e. The van der Waals surface area contributed by atoms with Gasteiger partial charge in [0, 0.05) is 16.6 Å². The predicted octanol–water partition coefficient (Wildman–Crippen LogP) is 6.08. The Bertz CT molecular complexity index is 1410. The van der Waals surface area contributed by atoms with Crippen LogP contribution in [-0.4, -0.2) is 22.5 Å². The summed E-state index contributed by atoms with van der Waals surface area (Å²) in [5.41, 5.74) is 3.85. The van der Waals surface area contributed by atoms with Crippen LogP contribution in [-0.2, 0) is 0 Å². The Balaban J connectivity index is 1.79. The van der Waals surface area contributed by atoms with Crippen LogP contribution in [0.15, 0.2) is 71.9 Å². The van der Waals surface area contributed by atoms with Gasteiger partial charge in [0.05, 0.1) is 11.2 Å². The van der Waals surface area contributed by atoms with Gasteiger partial charge in [-0.15, -0.1) is 11.3 Å². The van der Waals surface area contributed by atoms with Crippen LogP contribution in [0.2, 0.25) is 0 Å². The number of nitrogens with one attached hydrogen (secondary N) is 1. The monoisotopic (exact) mass is 450 g/mol. The molecule has 0 aliphatic rings. The minimum atomic E-state index is -0.502. The normalized spacial score (nSPS) is 10.6. The van der Waals surface area contributed by atoms with E-state index in [2.05, 4.69) is 40.2 Å². The number of aromatic nitrogens is 2. The Morgan fingerprint density at radius 2 is 1.88 bits per heavy atom. The van der Waals surface area contributed by atoms with Gasteiger partial charge in [-0.25, -0.2) is 9.97 Å². The SMILES string of the molecule is C#CCOc1ccc2nc(C(=O)Nc3cccc(N=O)c3)nc(-c3ccc(C(C)C)cc3)c2c1. The van der Waals surface area contributed by atoms with Gasteiger partial charge in [-0.3, -0.25) is 4.79 Å². The van der Waals surface area contributed by atoms with Crippen molar-refractivity contribution in [2.24, 2.45) is 5.18 Å². The zero-order valence-corrected chi connectivity index (χ0v) is 18.8. The van der Waals surface area contributed by atoms with Crippen molar-refractivity contribution in [3.8, 4) is 29.4 Å². The average Bonchev–Trinajstić information content (AvgIpc) is 2.86. The average molecular weight is 450 g/mol. The van der Waals surface area contributed by atoms with Crippen LogP contribution < -0.4 is 10.1 Å². The van der Waals surface area contributed by atoms with Gasteiger partial charge in [-0.05, 0) is 53.1 Å². The van der Waals surface area contributed by atoms with E-state index in [0.717, 1.165) is 10.9 Å². The van der Waals surface area contributed by atoms with Crippen LogP contribution in [0.25, 0.3) is 22.2 Å². The molecule has 1 amide bonds. The molecule has 0 aliphatic carbocycles. The number of nitrogens with zero attached hydrogens (tertiary/aromatic N) is 3. The number of carbonyl (C=O) groups excluding carboxylic acids is 1. The van der Waals surface area contributed by atoms with Crippen molar-refractivity contribution in [3.05, 3.63) is 83.0 Å². The zero-order valence-electron chi connectivity index (χ0n) is 18.8. The summed E-state index contributed by atoms with van der Waals surface area (Å²) in [5.74, 6) is 2.92. The third-order valence-electron chi connectivity index (χ3n) is 5.25. The smallest absolute Gasteiger partial charge is 0.293 e. The number of amides is 1. The Kier molecular flexibility index (Phi) is 6.60. The van der Waals surface area contributed by atoms with Gasteiger partial charge in [0.2, 0.25) is 5.82 Å². The molecule has 1 N–H and O–H groups in total. The molecule has 0 fully saturated rings. The van der Waals surface area contributed by atoms with Crippen LogP contribution in [0.5, 0.6) is 5.75 Å². The van der Waals surface area contributed by atoms with Crippen molar-refractivity contribution in [3.63, 3.8) is 0 Å². The van der Waals surface area contributed by atoms with Gasteiger partial charge in [-0.1, -0.05) is 50.1 Å². The number of hydrogen-bond acceptors (Lipinski definition) is 6. The molecule has 0 atom stereocenters. The quantitative estimate of drug-likeness (QED) is 0.272. The highest BCUT2D eigenvalue weighted by atomic mass is 16.5. The van der Waals surface area contributed by atoms with Gasteiger partial charge in [0.25, 0.3) is 5.91 Å². The van der Waals surface area contributed by atoms with E-state index < -0.39 is 5.91 Å². The maximum absolute atomic E-state index is 13.0. The second-order valence-electron chi connectivity index (χ2n) is 7.94. The second-order valence-corrected chi connectivity index (χ2v) is 7.94. The highest BCUT2D eigenvalue weighted by Crippen LogP contribution is 2.30. The van der Waals surface area contributed by atoms with Gasteiger partial charge >= 0.3 is 0 Å². The van der Waals surface area contributed by atoms with Crippen LogP contribution in [0.3, 0.4) is 0 Å². The standard InChI is InChI=1S/C27H22N4O3/c1-4-14-34-22-12-13-24-23(16-22)25(19-10-8-18(9-11-19)17(2)3)30-26(29-24)27(32)28-20-6-5-7-21(15-20)31-33/h1,5-13,15-17H,14H2,2-3H3,(H,28,32). The van der Waals surface area contributed by atoms with Crippen LogP contribution in [0.1, 0.15) is 35.9 Å². The summed E-state index contributed by atoms with van der Waals surface area (Å²) in [6, 6.07) is 19.7. The fraction of sp³-hybridized carbons (Fsp3) is 0.148. The van der Waals surface area contributed by atoms with Crippen molar-refractivity contribution in [1.29, 1.82) is 0 Å². The lowest BCUT2D eigenvalue weighted by atomic mass is 9.99. The number of anilines is 1. The van der Waals surface area contributed by atoms with Crippen molar-refractivity contribution >= 4 is 28.2 Å². The van der Waals surface area contributed by atoms with E-state index in [-0.39, 0.29) is 18.1 Å². The molecule has 0 spiro atoms. The molecule has 0 saturated heterocycles. The fourth-order valence-electron chi connectivity index (χ4n) is 3.50.